The summed E-state index contributed by atoms with van der Waals surface area (Å²) in [7, 11) is 0. The van der Waals surface area contributed by atoms with Crippen molar-refractivity contribution in [3.8, 4) is 0 Å². The summed E-state index contributed by atoms with van der Waals surface area (Å²) in [6, 6.07) is 5.89. The predicted octanol–water partition coefficient (Wildman–Crippen LogP) is 1.66. The van der Waals surface area contributed by atoms with Crippen molar-refractivity contribution in [2.45, 2.75) is 20.3 Å². The van der Waals surface area contributed by atoms with Crippen molar-refractivity contribution in [1.29, 1.82) is 0 Å². The summed E-state index contributed by atoms with van der Waals surface area (Å²) < 4.78 is 12.7. The highest BCUT2D eigenvalue weighted by Crippen LogP contribution is 2.03. The molecule has 0 saturated carbocycles. The first-order valence-corrected chi connectivity index (χ1v) is 7.02. The van der Waals surface area contributed by atoms with Crippen molar-refractivity contribution in [1.82, 2.24) is 10.6 Å². The van der Waals surface area contributed by atoms with Gasteiger partial charge in [-0.05, 0) is 23.6 Å². The van der Waals surface area contributed by atoms with Crippen molar-refractivity contribution in [2.75, 3.05) is 19.6 Å². The van der Waals surface area contributed by atoms with E-state index in [4.69, 9.17) is 5.73 Å². The molecular formula is C15H24FIN4O. The number of carbonyl (C=O) groups excluding carboxylic acids is 1. The maximum absolute atomic E-state index is 12.7. The highest BCUT2D eigenvalue weighted by atomic mass is 127. The number of rotatable bonds is 7. The average molecular weight is 422 g/mol. The minimum atomic E-state index is -0.306. The van der Waals surface area contributed by atoms with Crippen LogP contribution in [0.25, 0.3) is 0 Å². The van der Waals surface area contributed by atoms with E-state index in [9.17, 15) is 9.18 Å². The fourth-order valence-electron chi connectivity index (χ4n) is 1.58. The lowest BCUT2D eigenvalue weighted by molar-refractivity contribution is -0.120. The van der Waals surface area contributed by atoms with Crippen molar-refractivity contribution in [2.24, 2.45) is 16.6 Å². The van der Waals surface area contributed by atoms with Gasteiger partial charge < -0.3 is 16.4 Å². The molecule has 0 bridgehead atoms. The van der Waals surface area contributed by atoms with Gasteiger partial charge in [-0.2, -0.15) is 0 Å². The Morgan fingerprint density at radius 3 is 2.41 bits per heavy atom. The quantitative estimate of drug-likeness (QED) is 0.271. The molecule has 5 nitrogen and oxygen atoms in total. The second kappa shape index (κ2) is 11.2. The SMILES string of the molecule is CC(C)CN=C(N)NCCNC(=O)Cc1ccc(F)cc1.I. The van der Waals surface area contributed by atoms with E-state index in [-0.39, 0.29) is 42.1 Å². The molecule has 0 aliphatic heterocycles. The number of hydrogen-bond acceptors (Lipinski definition) is 2. The molecule has 0 aliphatic carbocycles. The smallest absolute Gasteiger partial charge is 0.224 e. The van der Waals surface area contributed by atoms with Gasteiger partial charge in [-0.25, -0.2) is 4.39 Å². The second-order valence-corrected chi connectivity index (χ2v) is 5.20. The van der Waals surface area contributed by atoms with Gasteiger partial charge in [0.1, 0.15) is 5.82 Å². The van der Waals surface area contributed by atoms with Crippen molar-refractivity contribution in [3.63, 3.8) is 0 Å². The first kappa shape index (κ1) is 20.6. The van der Waals surface area contributed by atoms with Crippen LogP contribution < -0.4 is 16.4 Å². The monoisotopic (exact) mass is 422 g/mol. The van der Waals surface area contributed by atoms with Crippen LogP contribution >= 0.6 is 24.0 Å². The summed E-state index contributed by atoms with van der Waals surface area (Å²) in [4.78, 5) is 15.8. The van der Waals surface area contributed by atoms with E-state index >= 15 is 0 Å². The Morgan fingerprint density at radius 2 is 1.82 bits per heavy atom. The molecule has 1 rings (SSSR count). The van der Waals surface area contributed by atoms with E-state index < -0.39 is 0 Å². The van der Waals surface area contributed by atoms with Crippen LogP contribution in [0.5, 0.6) is 0 Å². The summed E-state index contributed by atoms with van der Waals surface area (Å²) in [6.07, 6.45) is 0.233. The third-order valence-corrected chi connectivity index (χ3v) is 2.66. The van der Waals surface area contributed by atoms with E-state index in [1.807, 2.05) is 0 Å². The molecule has 124 valence electrons. The molecule has 0 radical (unpaired) electrons. The molecule has 0 fully saturated rings. The van der Waals surface area contributed by atoms with Crippen LogP contribution in [-0.2, 0) is 11.2 Å². The zero-order chi connectivity index (χ0) is 15.7. The van der Waals surface area contributed by atoms with E-state index in [1.165, 1.54) is 12.1 Å². The Bertz CT molecular complexity index is 477. The summed E-state index contributed by atoms with van der Waals surface area (Å²) >= 11 is 0. The van der Waals surface area contributed by atoms with Gasteiger partial charge in [-0.15, -0.1) is 24.0 Å². The van der Waals surface area contributed by atoms with Crippen LogP contribution in [0.3, 0.4) is 0 Å². The number of nitrogens with one attached hydrogen (secondary N) is 2. The topological polar surface area (TPSA) is 79.5 Å². The lowest BCUT2D eigenvalue weighted by Gasteiger charge is -2.08. The Labute approximate surface area is 148 Å². The third kappa shape index (κ3) is 9.54. The van der Waals surface area contributed by atoms with Crippen LogP contribution in [0.1, 0.15) is 19.4 Å². The maximum atomic E-state index is 12.7. The molecule has 0 heterocycles. The number of amides is 1. The zero-order valence-electron chi connectivity index (χ0n) is 12.9. The lowest BCUT2D eigenvalue weighted by atomic mass is 10.1. The van der Waals surface area contributed by atoms with Gasteiger partial charge in [0.05, 0.1) is 6.42 Å². The normalized spacial score (nSPS) is 11.0. The molecule has 1 amide bonds. The number of guanidine groups is 1. The Balaban J connectivity index is 0.00000441. The summed E-state index contributed by atoms with van der Waals surface area (Å²) in [5.41, 5.74) is 6.44. The number of nitrogens with zero attached hydrogens (tertiary/aromatic N) is 1. The van der Waals surface area contributed by atoms with E-state index in [1.54, 1.807) is 12.1 Å². The van der Waals surface area contributed by atoms with E-state index in [0.29, 0.717) is 31.5 Å². The molecule has 0 aliphatic rings. The highest BCUT2D eigenvalue weighted by molar-refractivity contribution is 14.0. The molecule has 1 aromatic carbocycles. The molecule has 0 unspecified atom stereocenters. The van der Waals surface area contributed by atoms with Gasteiger partial charge in [0, 0.05) is 19.6 Å². The Morgan fingerprint density at radius 1 is 1.23 bits per heavy atom. The van der Waals surface area contributed by atoms with Gasteiger partial charge in [-0.3, -0.25) is 9.79 Å². The lowest BCUT2D eigenvalue weighted by Crippen LogP contribution is -2.39. The second-order valence-electron chi connectivity index (χ2n) is 5.20. The Hall–Kier alpha value is -1.38. The Kier molecular flexibility index (Phi) is 10.5. The molecule has 0 atom stereocenters. The number of aliphatic imine (C=N–C) groups is 1. The molecule has 22 heavy (non-hydrogen) atoms. The van der Waals surface area contributed by atoms with Gasteiger partial charge in [0.2, 0.25) is 5.91 Å². The van der Waals surface area contributed by atoms with Crippen molar-refractivity contribution in [3.05, 3.63) is 35.6 Å². The largest absolute Gasteiger partial charge is 0.370 e. The molecule has 4 N–H and O–H groups in total. The highest BCUT2D eigenvalue weighted by Gasteiger charge is 2.03. The first-order chi connectivity index (χ1) is 9.97. The van der Waals surface area contributed by atoms with Crippen LogP contribution in [0.4, 0.5) is 4.39 Å². The van der Waals surface area contributed by atoms with Crippen LogP contribution in [0.2, 0.25) is 0 Å². The van der Waals surface area contributed by atoms with Crippen molar-refractivity contribution < 1.29 is 9.18 Å². The number of hydrogen-bond donors (Lipinski definition) is 3. The average Bonchev–Trinajstić information content (AvgIpc) is 2.44. The minimum Gasteiger partial charge on any atom is -0.370 e. The van der Waals surface area contributed by atoms with Gasteiger partial charge in [0.15, 0.2) is 5.96 Å². The third-order valence-electron chi connectivity index (χ3n) is 2.66. The standard InChI is InChI=1S/C15H23FN4O.HI/c1-11(2)10-20-15(17)19-8-7-18-14(21)9-12-3-5-13(16)6-4-12;/h3-6,11H,7-10H2,1-2H3,(H,18,21)(H3,17,19,20);1H. The fraction of sp³-hybridized carbons (Fsp3) is 0.467. The van der Waals surface area contributed by atoms with Crippen LogP contribution in [0, 0.1) is 11.7 Å². The fourth-order valence-corrected chi connectivity index (χ4v) is 1.58. The number of halogens is 2. The predicted molar refractivity (Wildman–Crippen MR) is 97.9 cm³/mol. The first-order valence-electron chi connectivity index (χ1n) is 7.02. The molecule has 0 aromatic heterocycles. The number of nitrogens with two attached hydrogens (primary N) is 1. The number of carbonyl (C=O) groups is 1. The van der Waals surface area contributed by atoms with Gasteiger partial charge in [0.25, 0.3) is 0 Å². The molecule has 0 saturated heterocycles. The molecule has 1 aromatic rings. The molecule has 7 heteroatoms. The summed E-state index contributed by atoms with van der Waals surface area (Å²) in [5, 5.41) is 5.69. The summed E-state index contributed by atoms with van der Waals surface area (Å²) in [6.45, 7) is 5.77. The summed E-state index contributed by atoms with van der Waals surface area (Å²) in [5.74, 6) is 0.429. The van der Waals surface area contributed by atoms with Crippen LogP contribution in [0.15, 0.2) is 29.3 Å². The zero-order valence-corrected chi connectivity index (χ0v) is 15.3. The van der Waals surface area contributed by atoms with Gasteiger partial charge >= 0.3 is 0 Å². The van der Waals surface area contributed by atoms with Crippen LogP contribution in [-0.4, -0.2) is 31.5 Å². The molecule has 0 spiro atoms. The maximum Gasteiger partial charge on any atom is 0.224 e. The molecular weight excluding hydrogens is 398 g/mol. The van der Waals surface area contributed by atoms with E-state index in [0.717, 1.165) is 5.56 Å². The number of benzene rings is 1. The minimum absolute atomic E-state index is 0. The van der Waals surface area contributed by atoms with Gasteiger partial charge in [-0.1, -0.05) is 26.0 Å². The van der Waals surface area contributed by atoms with E-state index in [2.05, 4.69) is 29.5 Å². The van der Waals surface area contributed by atoms with Crippen molar-refractivity contribution >= 4 is 35.8 Å².